The van der Waals surface area contributed by atoms with E-state index in [1.165, 1.54) is 71.3 Å². The molecular formula is C38H25N. The highest BCUT2D eigenvalue weighted by Gasteiger charge is 2.21. The lowest BCUT2D eigenvalue weighted by Gasteiger charge is -2.16. The Balaban J connectivity index is 1.64. The van der Waals surface area contributed by atoms with E-state index < -0.39 is 0 Å². The number of fused-ring (bicyclic) bond motifs is 5. The lowest BCUT2D eigenvalue weighted by molar-refractivity contribution is 1.19. The van der Waals surface area contributed by atoms with Gasteiger partial charge in [-0.3, -0.25) is 0 Å². The third kappa shape index (κ3) is 3.41. The lowest BCUT2D eigenvalue weighted by atomic mass is 9.94. The van der Waals surface area contributed by atoms with E-state index in [2.05, 4.69) is 156 Å². The van der Waals surface area contributed by atoms with Crippen molar-refractivity contribution in [1.29, 1.82) is 0 Å². The molecule has 0 atom stereocenters. The zero-order valence-electron chi connectivity index (χ0n) is 21.4. The molecule has 1 aromatic heterocycles. The van der Waals surface area contributed by atoms with Crippen LogP contribution in [-0.4, -0.2) is 4.57 Å². The summed E-state index contributed by atoms with van der Waals surface area (Å²) >= 11 is 0. The minimum atomic E-state index is 1.17. The van der Waals surface area contributed by atoms with Gasteiger partial charge in [-0.05, 0) is 50.9 Å². The van der Waals surface area contributed by atoms with Crippen LogP contribution in [0.3, 0.4) is 0 Å². The molecule has 8 rings (SSSR count). The lowest BCUT2D eigenvalue weighted by Crippen LogP contribution is -1.98. The predicted octanol–water partition coefficient (Wildman–Crippen LogP) is 10.4. The summed E-state index contributed by atoms with van der Waals surface area (Å²) in [5.41, 5.74) is 8.61. The number of benzene rings is 7. The second-order valence-corrected chi connectivity index (χ2v) is 10.2. The van der Waals surface area contributed by atoms with Crippen molar-refractivity contribution in [3.8, 4) is 27.9 Å². The Labute approximate surface area is 227 Å². The molecule has 0 radical (unpaired) electrons. The maximum absolute atomic E-state index is 2.51. The molecule has 0 unspecified atom stereocenters. The molecule has 0 fully saturated rings. The van der Waals surface area contributed by atoms with Crippen LogP contribution in [0.15, 0.2) is 152 Å². The summed E-state index contributed by atoms with van der Waals surface area (Å²) in [6.45, 7) is 0. The molecule has 8 aromatic rings. The number of rotatable bonds is 3. The van der Waals surface area contributed by atoms with Crippen LogP contribution in [0, 0.1) is 0 Å². The van der Waals surface area contributed by atoms with Gasteiger partial charge in [-0.15, -0.1) is 0 Å². The average Bonchev–Trinajstić information content (AvgIpc) is 3.34. The molecule has 0 amide bonds. The number of hydrogen-bond donors (Lipinski definition) is 0. The predicted molar refractivity (Wildman–Crippen MR) is 167 cm³/mol. The second kappa shape index (κ2) is 8.72. The molecule has 0 aliphatic heterocycles. The summed E-state index contributed by atoms with van der Waals surface area (Å²) in [5.74, 6) is 0. The molecular weight excluding hydrogens is 470 g/mol. The monoisotopic (exact) mass is 495 g/mol. The first-order chi connectivity index (χ1) is 19.4. The van der Waals surface area contributed by atoms with Gasteiger partial charge in [0.1, 0.15) is 0 Å². The van der Waals surface area contributed by atoms with Gasteiger partial charge in [-0.25, -0.2) is 0 Å². The summed E-state index contributed by atoms with van der Waals surface area (Å²) in [6.07, 6.45) is 0. The van der Waals surface area contributed by atoms with Gasteiger partial charge in [0.25, 0.3) is 0 Å². The van der Waals surface area contributed by atoms with Crippen molar-refractivity contribution >= 4 is 43.4 Å². The third-order valence-corrected chi connectivity index (χ3v) is 7.93. The molecule has 0 aliphatic carbocycles. The van der Waals surface area contributed by atoms with Crippen LogP contribution >= 0.6 is 0 Å². The van der Waals surface area contributed by atoms with Crippen molar-refractivity contribution in [2.75, 3.05) is 0 Å². The number of hydrogen-bond acceptors (Lipinski definition) is 0. The van der Waals surface area contributed by atoms with Crippen molar-refractivity contribution in [3.63, 3.8) is 0 Å². The summed E-state index contributed by atoms with van der Waals surface area (Å²) in [5, 5.41) is 7.55. The Kier molecular flexibility index (Phi) is 4.89. The van der Waals surface area contributed by atoms with Gasteiger partial charge in [0, 0.05) is 27.6 Å². The van der Waals surface area contributed by atoms with Gasteiger partial charge in [-0.2, -0.15) is 0 Å². The first-order valence-corrected chi connectivity index (χ1v) is 13.5. The van der Waals surface area contributed by atoms with Crippen molar-refractivity contribution in [2.45, 2.75) is 0 Å². The molecule has 0 bridgehead atoms. The third-order valence-electron chi connectivity index (χ3n) is 7.93. The van der Waals surface area contributed by atoms with Gasteiger partial charge in [0.15, 0.2) is 0 Å². The van der Waals surface area contributed by atoms with E-state index in [1.54, 1.807) is 0 Å². The van der Waals surface area contributed by atoms with Crippen LogP contribution in [0.2, 0.25) is 0 Å². The summed E-state index contributed by atoms with van der Waals surface area (Å²) < 4.78 is 2.51. The number of nitrogens with zero attached hydrogens (tertiary/aromatic N) is 1. The van der Waals surface area contributed by atoms with E-state index in [4.69, 9.17) is 0 Å². The molecule has 0 spiro atoms. The average molecular weight is 496 g/mol. The topological polar surface area (TPSA) is 4.93 Å². The molecule has 7 aromatic carbocycles. The molecule has 1 nitrogen and oxygen atoms in total. The van der Waals surface area contributed by atoms with Crippen LogP contribution in [0.4, 0.5) is 0 Å². The highest BCUT2D eigenvalue weighted by molar-refractivity contribution is 6.23. The van der Waals surface area contributed by atoms with Gasteiger partial charge >= 0.3 is 0 Å². The van der Waals surface area contributed by atoms with Crippen LogP contribution < -0.4 is 0 Å². The summed E-state index contributed by atoms with van der Waals surface area (Å²) in [6, 6.07) is 55.0. The maximum atomic E-state index is 2.51. The van der Waals surface area contributed by atoms with Crippen molar-refractivity contribution in [1.82, 2.24) is 4.57 Å². The van der Waals surface area contributed by atoms with E-state index in [0.29, 0.717) is 0 Å². The SMILES string of the molecule is c1ccc(-c2cccc3c4cc5ccccc5c(-c5ccccc5)c4n(-c4ccc5ccccc5c4)c23)cc1. The van der Waals surface area contributed by atoms with Crippen LogP contribution in [0.1, 0.15) is 0 Å². The Bertz CT molecular complexity index is 2150. The molecule has 0 aliphatic rings. The fraction of sp³-hybridized carbons (Fsp3) is 0. The highest BCUT2D eigenvalue weighted by atomic mass is 15.0. The largest absolute Gasteiger partial charge is 0.308 e. The fourth-order valence-electron chi connectivity index (χ4n) is 6.21. The Morgan fingerprint density at radius 3 is 1.79 bits per heavy atom. The van der Waals surface area contributed by atoms with Gasteiger partial charge in [0.05, 0.1) is 11.0 Å². The van der Waals surface area contributed by atoms with Gasteiger partial charge in [0.2, 0.25) is 0 Å². The minimum absolute atomic E-state index is 1.17. The van der Waals surface area contributed by atoms with E-state index >= 15 is 0 Å². The molecule has 0 saturated carbocycles. The van der Waals surface area contributed by atoms with Crippen LogP contribution in [-0.2, 0) is 0 Å². The van der Waals surface area contributed by atoms with Gasteiger partial charge < -0.3 is 4.57 Å². The zero-order valence-corrected chi connectivity index (χ0v) is 21.4. The van der Waals surface area contributed by atoms with E-state index in [-0.39, 0.29) is 0 Å². The summed E-state index contributed by atoms with van der Waals surface area (Å²) in [4.78, 5) is 0. The molecule has 1 heteroatoms. The maximum Gasteiger partial charge on any atom is 0.0626 e. The Hall–Kier alpha value is -5.14. The Morgan fingerprint density at radius 1 is 0.359 bits per heavy atom. The van der Waals surface area contributed by atoms with E-state index in [9.17, 15) is 0 Å². The molecule has 0 saturated heterocycles. The zero-order chi connectivity index (χ0) is 25.8. The van der Waals surface area contributed by atoms with Crippen LogP contribution in [0.25, 0.3) is 71.3 Å². The Morgan fingerprint density at radius 2 is 1.00 bits per heavy atom. The normalized spacial score (nSPS) is 11.6. The first-order valence-electron chi connectivity index (χ1n) is 13.5. The molecule has 1 heterocycles. The van der Waals surface area contributed by atoms with Crippen molar-refractivity contribution in [3.05, 3.63) is 152 Å². The highest BCUT2D eigenvalue weighted by Crippen LogP contribution is 2.45. The minimum Gasteiger partial charge on any atom is -0.308 e. The molecule has 0 N–H and O–H groups in total. The smallest absolute Gasteiger partial charge is 0.0626 e. The molecule has 39 heavy (non-hydrogen) atoms. The first kappa shape index (κ1) is 21.9. The van der Waals surface area contributed by atoms with Gasteiger partial charge in [-0.1, -0.05) is 133 Å². The number of para-hydroxylation sites is 1. The number of aromatic nitrogens is 1. The quantitative estimate of drug-likeness (QED) is 0.230. The van der Waals surface area contributed by atoms with E-state index in [1.807, 2.05) is 0 Å². The van der Waals surface area contributed by atoms with Crippen molar-refractivity contribution in [2.24, 2.45) is 0 Å². The second-order valence-electron chi connectivity index (χ2n) is 10.2. The summed E-state index contributed by atoms with van der Waals surface area (Å²) in [7, 11) is 0. The molecule has 182 valence electrons. The fourth-order valence-corrected chi connectivity index (χ4v) is 6.21. The van der Waals surface area contributed by atoms with Crippen molar-refractivity contribution < 1.29 is 0 Å². The standard InChI is InChI=1S/C38H25N/c1-3-13-27(14-4-1)33-20-11-21-34-35-25-30-18-9-10-19-32(30)36(28-15-5-2-6-16-28)38(35)39(37(33)34)31-23-22-26-12-7-8-17-29(26)24-31/h1-25H. The van der Waals surface area contributed by atoms with E-state index in [0.717, 1.165) is 0 Å². The van der Waals surface area contributed by atoms with Crippen LogP contribution in [0.5, 0.6) is 0 Å².